The Bertz CT molecular complexity index is 660. The van der Waals surface area contributed by atoms with Gasteiger partial charge in [-0.2, -0.15) is 0 Å². The van der Waals surface area contributed by atoms with E-state index in [1.54, 1.807) is 20.8 Å². The minimum absolute atomic E-state index is 0.173. The maximum atomic E-state index is 12.4. The molecule has 0 heterocycles. The summed E-state index contributed by atoms with van der Waals surface area (Å²) in [6.07, 6.45) is -0.531. The smallest absolute Gasteiger partial charge is 0.408 e. The summed E-state index contributed by atoms with van der Waals surface area (Å²) in [7, 11) is 2.80. The number of nitrogens with zero attached hydrogens (tertiary/aromatic N) is 1. The molecule has 9 nitrogen and oxygen atoms in total. The SMILES string of the molecule is CON(C)C(=O)[C@@H](CCCNC(=O)OCc1ccccc1)NC(=O)OC(C)(C)C. The first-order valence-corrected chi connectivity index (χ1v) is 9.38. The molecule has 0 aliphatic carbocycles. The van der Waals surface area contributed by atoms with Gasteiger partial charge >= 0.3 is 12.2 Å². The van der Waals surface area contributed by atoms with Crippen molar-refractivity contribution in [3.05, 3.63) is 35.9 Å². The number of nitrogens with one attached hydrogen (secondary N) is 2. The van der Waals surface area contributed by atoms with Gasteiger partial charge in [-0.1, -0.05) is 30.3 Å². The number of carbonyl (C=O) groups is 3. The van der Waals surface area contributed by atoms with Crippen molar-refractivity contribution in [3.8, 4) is 0 Å². The molecule has 0 aromatic heterocycles. The quantitative estimate of drug-likeness (QED) is 0.480. The number of hydroxylamine groups is 2. The van der Waals surface area contributed by atoms with E-state index >= 15 is 0 Å². The van der Waals surface area contributed by atoms with E-state index in [0.29, 0.717) is 6.42 Å². The average Bonchev–Trinajstić information content (AvgIpc) is 2.66. The number of carbonyl (C=O) groups excluding carboxylic acids is 3. The summed E-state index contributed by atoms with van der Waals surface area (Å²) in [4.78, 5) is 41.1. The van der Waals surface area contributed by atoms with E-state index in [-0.39, 0.29) is 19.6 Å². The van der Waals surface area contributed by atoms with Crippen LogP contribution >= 0.6 is 0 Å². The molecule has 0 saturated heterocycles. The van der Waals surface area contributed by atoms with Crippen molar-refractivity contribution in [2.45, 2.75) is 51.9 Å². The lowest BCUT2D eigenvalue weighted by molar-refractivity contribution is -0.171. The molecule has 1 aromatic carbocycles. The Labute approximate surface area is 171 Å². The zero-order valence-electron chi connectivity index (χ0n) is 17.7. The van der Waals surface area contributed by atoms with E-state index in [0.717, 1.165) is 10.6 Å². The summed E-state index contributed by atoms with van der Waals surface area (Å²) < 4.78 is 10.3. The highest BCUT2D eigenvalue weighted by atomic mass is 16.7. The minimum Gasteiger partial charge on any atom is -0.445 e. The second-order valence-corrected chi connectivity index (χ2v) is 7.35. The second kappa shape index (κ2) is 11.9. The lowest BCUT2D eigenvalue weighted by Crippen LogP contribution is -2.48. The molecule has 0 spiro atoms. The van der Waals surface area contributed by atoms with Gasteiger partial charge in [0.05, 0.1) is 7.11 Å². The van der Waals surface area contributed by atoms with Gasteiger partial charge in [-0.3, -0.25) is 9.63 Å². The standard InChI is InChI=1S/C20H31N3O6/c1-20(2,3)29-19(26)22-16(17(24)23(4)27-5)12-9-13-21-18(25)28-14-15-10-7-6-8-11-15/h6-8,10-11,16H,9,12-14H2,1-5H3,(H,21,25)(H,22,26)/t16-/m1/s1. The second-order valence-electron chi connectivity index (χ2n) is 7.35. The fourth-order valence-corrected chi connectivity index (χ4v) is 2.29. The molecule has 2 N–H and O–H groups in total. The summed E-state index contributed by atoms with van der Waals surface area (Å²) in [6.45, 7) is 5.65. The number of amides is 3. The van der Waals surface area contributed by atoms with Gasteiger partial charge in [0, 0.05) is 13.6 Å². The fraction of sp³-hybridized carbons (Fsp3) is 0.550. The van der Waals surface area contributed by atoms with Crippen LogP contribution in [-0.4, -0.2) is 55.5 Å². The van der Waals surface area contributed by atoms with Gasteiger partial charge in [-0.15, -0.1) is 0 Å². The molecule has 0 bridgehead atoms. The van der Waals surface area contributed by atoms with E-state index in [4.69, 9.17) is 14.3 Å². The molecule has 3 amide bonds. The van der Waals surface area contributed by atoms with E-state index in [1.807, 2.05) is 30.3 Å². The van der Waals surface area contributed by atoms with Crippen LogP contribution in [0.4, 0.5) is 9.59 Å². The fourth-order valence-electron chi connectivity index (χ4n) is 2.29. The predicted octanol–water partition coefficient (Wildman–Crippen LogP) is 2.61. The maximum Gasteiger partial charge on any atom is 0.408 e. The molecule has 1 aromatic rings. The van der Waals surface area contributed by atoms with Crippen LogP contribution in [0, 0.1) is 0 Å². The summed E-state index contributed by atoms with van der Waals surface area (Å²) >= 11 is 0. The van der Waals surface area contributed by atoms with Crippen molar-refractivity contribution in [3.63, 3.8) is 0 Å². The highest BCUT2D eigenvalue weighted by Crippen LogP contribution is 2.09. The molecule has 29 heavy (non-hydrogen) atoms. The molecular weight excluding hydrogens is 378 g/mol. The van der Waals surface area contributed by atoms with E-state index in [9.17, 15) is 14.4 Å². The highest BCUT2D eigenvalue weighted by Gasteiger charge is 2.26. The zero-order valence-corrected chi connectivity index (χ0v) is 17.7. The molecule has 0 saturated carbocycles. The molecule has 0 aliphatic heterocycles. The van der Waals surface area contributed by atoms with E-state index < -0.39 is 29.7 Å². The lowest BCUT2D eigenvalue weighted by Gasteiger charge is -2.25. The molecule has 0 radical (unpaired) electrons. The average molecular weight is 409 g/mol. The Morgan fingerprint density at radius 3 is 2.34 bits per heavy atom. The van der Waals surface area contributed by atoms with Crippen LogP contribution in [0.5, 0.6) is 0 Å². The number of alkyl carbamates (subject to hydrolysis) is 2. The van der Waals surface area contributed by atoms with Crippen molar-refractivity contribution in [1.29, 1.82) is 0 Å². The molecule has 1 atom stereocenters. The van der Waals surface area contributed by atoms with Crippen LogP contribution in [0.1, 0.15) is 39.2 Å². The van der Waals surface area contributed by atoms with Gasteiger partial charge in [-0.05, 0) is 39.2 Å². The topological polar surface area (TPSA) is 106 Å². The highest BCUT2D eigenvalue weighted by molar-refractivity contribution is 5.84. The predicted molar refractivity (Wildman–Crippen MR) is 107 cm³/mol. The Morgan fingerprint density at radius 2 is 1.76 bits per heavy atom. The third kappa shape index (κ3) is 10.3. The monoisotopic (exact) mass is 409 g/mol. The van der Waals surface area contributed by atoms with Crippen LogP contribution in [0.25, 0.3) is 0 Å². The van der Waals surface area contributed by atoms with Crippen molar-refractivity contribution < 1.29 is 28.7 Å². The van der Waals surface area contributed by atoms with E-state index in [1.165, 1.54) is 14.2 Å². The number of hydrogen-bond acceptors (Lipinski definition) is 6. The third-order valence-corrected chi connectivity index (χ3v) is 3.72. The maximum absolute atomic E-state index is 12.4. The van der Waals surface area contributed by atoms with Crippen LogP contribution in [0.2, 0.25) is 0 Å². The van der Waals surface area contributed by atoms with Crippen LogP contribution in [0.15, 0.2) is 30.3 Å². The molecule has 0 aliphatic rings. The Balaban J connectivity index is 2.45. The molecule has 0 unspecified atom stereocenters. The summed E-state index contributed by atoms with van der Waals surface area (Å²) in [5.41, 5.74) is 0.201. The molecule has 9 heteroatoms. The zero-order chi connectivity index (χ0) is 21.9. The van der Waals surface area contributed by atoms with E-state index in [2.05, 4.69) is 10.6 Å². The Hall–Kier alpha value is -2.81. The Kier molecular flexibility index (Phi) is 9.94. The summed E-state index contributed by atoms with van der Waals surface area (Å²) in [5.74, 6) is -0.426. The first-order chi connectivity index (χ1) is 13.6. The number of hydrogen-bond donors (Lipinski definition) is 2. The number of ether oxygens (including phenoxy) is 2. The normalized spacial score (nSPS) is 11.9. The number of likely N-dealkylation sites (N-methyl/N-ethyl adjacent to an activating group) is 1. The summed E-state index contributed by atoms with van der Waals surface area (Å²) in [6, 6.07) is 8.48. The third-order valence-electron chi connectivity index (χ3n) is 3.72. The first kappa shape index (κ1) is 24.2. The van der Waals surface area contributed by atoms with Gasteiger partial charge in [-0.25, -0.2) is 14.7 Å². The minimum atomic E-state index is -0.850. The lowest BCUT2D eigenvalue weighted by atomic mass is 10.1. The van der Waals surface area contributed by atoms with Gasteiger partial charge in [0.2, 0.25) is 0 Å². The van der Waals surface area contributed by atoms with Crippen molar-refractivity contribution in [2.75, 3.05) is 20.7 Å². The van der Waals surface area contributed by atoms with Crippen molar-refractivity contribution in [2.24, 2.45) is 0 Å². The number of benzene rings is 1. The van der Waals surface area contributed by atoms with Gasteiger partial charge in [0.25, 0.3) is 5.91 Å². The molecule has 162 valence electrons. The van der Waals surface area contributed by atoms with Gasteiger partial charge < -0.3 is 20.1 Å². The summed E-state index contributed by atoms with van der Waals surface area (Å²) in [5, 5.41) is 6.20. The van der Waals surface area contributed by atoms with Gasteiger partial charge in [0.1, 0.15) is 18.2 Å². The van der Waals surface area contributed by atoms with Gasteiger partial charge in [0.15, 0.2) is 0 Å². The Morgan fingerprint density at radius 1 is 1.10 bits per heavy atom. The first-order valence-electron chi connectivity index (χ1n) is 9.38. The van der Waals surface area contributed by atoms with Crippen molar-refractivity contribution in [1.82, 2.24) is 15.7 Å². The van der Waals surface area contributed by atoms with Crippen LogP contribution in [-0.2, 0) is 25.7 Å². The number of rotatable bonds is 9. The molecular formula is C20H31N3O6. The van der Waals surface area contributed by atoms with Crippen molar-refractivity contribution >= 4 is 18.1 Å². The molecule has 0 fully saturated rings. The van der Waals surface area contributed by atoms with Crippen LogP contribution < -0.4 is 10.6 Å². The van der Waals surface area contributed by atoms with Crippen LogP contribution in [0.3, 0.4) is 0 Å². The largest absolute Gasteiger partial charge is 0.445 e. The molecule has 1 rings (SSSR count).